The molecule has 0 aliphatic heterocycles. The smallest absolute Gasteiger partial charge is 0.103 e. The number of hydrogen-bond donors (Lipinski definition) is 1. The van der Waals surface area contributed by atoms with Crippen LogP contribution < -0.4 is 5.32 Å². The molecule has 0 bridgehead atoms. The molecule has 3 rings (SSSR count). The minimum Gasteiger partial charge on any atom is -0.383 e. The van der Waals surface area contributed by atoms with Crippen molar-refractivity contribution in [2.45, 2.75) is 6.42 Å². The predicted molar refractivity (Wildman–Crippen MR) is 81.9 cm³/mol. The first-order valence-electron chi connectivity index (χ1n) is 6.78. The van der Waals surface area contributed by atoms with E-state index in [4.69, 9.17) is 0 Å². The summed E-state index contributed by atoms with van der Waals surface area (Å²) >= 11 is 0. The van der Waals surface area contributed by atoms with Crippen LogP contribution in [0, 0.1) is 11.3 Å². The maximum Gasteiger partial charge on any atom is 0.103 e. The van der Waals surface area contributed by atoms with Crippen LogP contribution in [0.3, 0.4) is 0 Å². The Morgan fingerprint density at radius 1 is 1.29 bits per heavy atom. The van der Waals surface area contributed by atoms with Gasteiger partial charge in [0.1, 0.15) is 6.07 Å². The van der Waals surface area contributed by atoms with Crippen molar-refractivity contribution in [3.05, 3.63) is 54.0 Å². The van der Waals surface area contributed by atoms with Crippen LogP contribution >= 0.6 is 0 Å². The van der Waals surface area contributed by atoms with E-state index in [0.717, 1.165) is 35.2 Å². The molecular formula is C16H15N5. The number of pyridine rings is 1. The van der Waals surface area contributed by atoms with E-state index in [1.165, 1.54) is 0 Å². The maximum atomic E-state index is 9.25. The van der Waals surface area contributed by atoms with Crippen molar-refractivity contribution in [3.63, 3.8) is 0 Å². The second-order valence-electron chi connectivity index (χ2n) is 4.83. The third-order valence-corrected chi connectivity index (χ3v) is 3.35. The number of fused-ring (bicyclic) bond motifs is 1. The van der Waals surface area contributed by atoms with Crippen molar-refractivity contribution in [1.29, 1.82) is 5.26 Å². The van der Waals surface area contributed by atoms with E-state index in [1.54, 1.807) is 10.9 Å². The van der Waals surface area contributed by atoms with Gasteiger partial charge in [0.05, 0.1) is 22.5 Å². The highest BCUT2D eigenvalue weighted by atomic mass is 15.2. The quantitative estimate of drug-likeness (QED) is 0.795. The van der Waals surface area contributed by atoms with Gasteiger partial charge in [-0.2, -0.15) is 10.4 Å². The Balaban J connectivity index is 1.84. The molecule has 0 fully saturated rings. The van der Waals surface area contributed by atoms with Crippen molar-refractivity contribution in [3.8, 4) is 6.07 Å². The molecule has 0 saturated carbocycles. The van der Waals surface area contributed by atoms with Crippen LogP contribution in [0.5, 0.6) is 0 Å². The highest BCUT2D eigenvalue weighted by Gasteiger charge is 2.08. The van der Waals surface area contributed by atoms with Crippen LogP contribution in [0.25, 0.3) is 10.9 Å². The van der Waals surface area contributed by atoms with Crippen LogP contribution in [0.15, 0.2) is 42.7 Å². The summed E-state index contributed by atoms with van der Waals surface area (Å²) in [7, 11) is 1.90. The van der Waals surface area contributed by atoms with Gasteiger partial charge in [0.2, 0.25) is 0 Å². The van der Waals surface area contributed by atoms with Crippen LogP contribution in [-0.2, 0) is 13.5 Å². The Bertz CT molecular complexity index is 813. The molecule has 0 radical (unpaired) electrons. The van der Waals surface area contributed by atoms with Crippen LogP contribution in [0.2, 0.25) is 0 Å². The summed E-state index contributed by atoms with van der Waals surface area (Å²) in [6.07, 6.45) is 4.35. The summed E-state index contributed by atoms with van der Waals surface area (Å²) in [5.41, 5.74) is 3.33. The fourth-order valence-electron chi connectivity index (χ4n) is 2.33. The largest absolute Gasteiger partial charge is 0.383 e. The molecule has 1 aromatic carbocycles. The van der Waals surface area contributed by atoms with Gasteiger partial charge in [0.25, 0.3) is 0 Å². The standard InChI is InChI=1S/C16H15N5/c1-21-9-7-13(20-21)6-8-18-16-12(10-17)11-19-15-5-3-2-4-14(15)16/h2-5,7,9,11H,6,8H2,1H3,(H,18,19). The zero-order valence-corrected chi connectivity index (χ0v) is 11.7. The maximum absolute atomic E-state index is 9.25. The number of para-hydroxylation sites is 1. The molecular weight excluding hydrogens is 262 g/mol. The lowest BCUT2D eigenvalue weighted by Gasteiger charge is -2.10. The fraction of sp³-hybridized carbons (Fsp3) is 0.188. The highest BCUT2D eigenvalue weighted by Crippen LogP contribution is 2.25. The van der Waals surface area contributed by atoms with Crippen molar-refractivity contribution < 1.29 is 0 Å². The van der Waals surface area contributed by atoms with Gasteiger partial charge < -0.3 is 5.32 Å². The third kappa shape index (κ3) is 2.70. The van der Waals surface area contributed by atoms with Crippen LogP contribution in [0.1, 0.15) is 11.3 Å². The number of nitrogens with zero attached hydrogens (tertiary/aromatic N) is 4. The second kappa shape index (κ2) is 5.63. The summed E-state index contributed by atoms with van der Waals surface area (Å²) in [5, 5.41) is 17.9. The first-order chi connectivity index (χ1) is 10.3. The third-order valence-electron chi connectivity index (χ3n) is 3.35. The summed E-state index contributed by atoms with van der Waals surface area (Å²) < 4.78 is 1.79. The second-order valence-corrected chi connectivity index (χ2v) is 4.83. The van der Waals surface area contributed by atoms with Gasteiger partial charge in [-0.1, -0.05) is 18.2 Å². The Kier molecular flexibility index (Phi) is 3.52. The number of aromatic nitrogens is 3. The van der Waals surface area contributed by atoms with E-state index in [9.17, 15) is 5.26 Å². The number of aryl methyl sites for hydroxylation is 1. The molecule has 0 aliphatic carbocycles. The lowest BCUT2D eigenvalue weighted by Crippen LogP contribution is -2.08. The van der Waals surface area contributed by atoms with E-state index < -0.39 is 0 Å². The molecule has 21 heavy (non-hydrogen) atoms. The Hall–Kier alpha value is -2.87. The predicted octanol–water partition coefficient (Wildman–Crippen LogP) is 2.49. The zero-order chi connectivity index (χ0) is 14.7. The number of rotatable bonds is 4. The summed E-state index contributed by atoms with van der Waals surface area (Å²) in [5.74, 6) is 0. The van der Waals surface area contributed by atoms with Crippen LogP contribution in [0.4, 0.5) is 5.69 Å². The summed E-state index contributed by atoms with van der Waals surface area (Å²) in [4.78, 5) is 4.30. The molecule has 5 nitrogen and oxygen atoms in total. The summed E-state index contributed by atoms with van der Waals surface area (Å²) in [6, 6.07) is 12.0. The first-order valence-corrected chi connectivity index (χ1v) is 6.78. The number of nitriles is 1. The lowest BCUT2D eigenvalue weighted by molar-refractivity contribution is 0.742. The lowest BCUT2D eigenvalue weighted by atomic mass is 10.1. The fourth-order valence-corrected chi connectivity index (χ4v) is 2.33. The van der Waals surface area contributed by atoms with Crippen molar-refractivity contribution >= 4 is 16.6 Å². The topological polar surface area (TPSA) is 66.5 Å². The zero-order valence-electron chi connectivity index (χ0n) is 11.7. The van der Waals surface area contributed by atoms with Crippen molar-refractivity contribution in [1.82, 2.24) is 14.8 Å². The van der Waals surface area contributed by atoms with E-state index in [-0.39, 0.29) is 0 Å². The minimum atomic E-state index is 0.565. The van der Waals surface area contributed by atoms with E-state index in [1.807, 2.05) is 43.6 Å². The molecule has 0 saturated heterocycles. The van der Waals surface area contributed by atoms with E-state index in [2.05, 4.69) is 21.5 Å². The molecule has 2 aromatic heterocycles. The van der Waals surface area contributed by atoms with Gasteiger partial charge in [-0.3, -0.25) is 9.67 Å². The average molecular weight is 277 g/mol. The molecule has 0 atom stereocenters. The number of benzene rings is 1. The number of anilines is 1. The molecule has 0 unspecified atom stereocenters. The Morgan fingerprint density at radius 2 is 2.14 bits per heavy atom. The molecule has 104 valence electrons. The summed E-state index contributed by atoms with van der Waals surface area (Å²) in [6.45, 7) is 0.722. The molecule has 2 heterocycles. The molecule has 3 aromatic rings. The van der Waals surface area contributed by atoms with Crippen molar-refractivity contribution in [2.24, 2.45) is 7.05 Å². The highest BCUT2D eigenvalue weighted by molar-refractivity contribution is 5.93. The van der Waals surface area contributed by atoms with E-state index in [0.29, 0.717) is 5.56 Å². The Labute approximate surface area is 122 Å². The van der Waals surface area contributed by atoms with Gasteiger partial charge >= 0.3 is 0 Å². The SMILES string of the molecule is Cn1ccc(CCNc2c(C#N)cnc3ccccc23)n1. The number of hydrogen-bond acceptors (Lipinski definition) is 4. The van der Waals surface area contributed by atoms with Gasteiger partial charge in [0, 0.05) is 37.8 Å². The molecule has 5 heteroatoms. The Morgan fingerprint density at radius 3 is 2.90 bits per heavy atom. The number of nitrogens with one attached hydrogen (secondary N) is 1. The molecule has 1 N–H and O–H groups in total. The van der Waals surface area contributed by atoms with Gasteiger partial charge in [-0.15, -0.1) is 0 Å². The van der Waals surface area contributed by atoms with Gasteiger partial charge in [-0.25, -0.2) is 0 Å². The average Bonchev–Trinajstić information content (AvgIpc) is 2.93. The molecule has 0 aliphatic rings. The molecule has 0 spiro atoms. The monoisotopic (exact) mass is 277 g/mol. The van der Waals surface area contributed by atoms with Crippen molar-refractivity contribution in [2.75, 3.05) is 11.9 Å². The van der Waals surface area contributed by atoms with E-state index >= 15 is 0 Å². The minimum absolute atomic E-state index is 0.565. The molecule has 0 amide bonds. The van der Waals surface area contributed by atoms with Crippen LogP contribution in [-0.4, -0.2) is 21.3 Å². The van der Waals surface area contributed by atoms with Gasteiger partial charge in [-0.05, 0) is 12.1 Å². The normalized spacial score (nSPS) is 10.5. The van der Waals surface area contributed by atoms with Gasteiger partial charge in [0.15, 0.2) is 0 Å². The first kappa shape index (κ1) is 13.1.